The van der Waals surface area contributed by atoms with Crippen molar-refractivity contribution >= 4 is 11.0 Å². The number of ether oxygens (including phenoxy) is 1. The number of pyridine rings is 1. The largest absolute Gasteiger partial charge is 0.487 e. The summed E-state index contributed by atoms with van der Waals surface area (Å²) in [6, 6.07) is 14.2. The van der Waals surface area contributed by atoms with E-state index in [2.05, 4.69) is 34.7 Å². The van der Waals surface area contributed by atoms with E-state index in [9.17, 15) is 0 Å². The van der Waals surface area contributed by atoms with Crippen molar-refractivity contribution in [3.05, 3.63) is 59.9 Å². The summed E-state index contributed by atoms with van der Waals surface area (Å²) in [4.78, 5) is 4.36. The quantitative estimate of drug-likeness (QED) is 0.713. The summed E-state index contributed by atoms with van der Waals surface area (Å²) >= 11 is 0. The standard InChI is InChI=1S/C16H16N2O/c1-12-6-3-4-8-16(12)19-11-13-10-14-15(18(13)2)7-5-9-17-14/h3-10H,11H2,1-2H3. The predicted molar refractivity (Wildman–Crippen MR) is 76.2 cm³/mol. The summed E-state index contributed by atoms with van der Waals surface area (Å²) < 4.78 is 8.01. The Bertz CT molecular complexity index is 716. The monoisotopic (exact) mass is 252 g/mol. The van der Waals surface area contributed by atoms with Crippen molar-refractivity contribution in [2.75, 3.05) is 0 Å². The Kier molecular flexibility index (Phi) is 2.95. The van der Waals surface area contributed by atoms with Crippen LogP contribution in [0.1, 0.15) is 11.3 Å². The number of hydrogen-bond donors (Lipinski definition) is 0. The highest BCUT2D eigenvalue weighted by molar-refractivity contribution is 5.76. The lowest BCUT2D eigenvalue weighted by molar-refractivity contribution is 0.296. The summed E-state index contributed by atoms with van der Waals surface area (Å²) in [6.07, 6.45) is 1.81. The second-order valence-corrected chi connectivity index (χ2v) is 4.66. The normalized spacial score (nSPS) is 10.8. The fraction of sp³-hybridized carbons (Fsp3) is 0.188. The Morgan fingerprint density at radius 1 is 1.16 bits per heavy atom. The lowest BCUT2D eigenvalue weighted by atomic mass is 10.2. The Hall–Kier alpha value is -2.29. The maximum Gasteiger partial charge on any atom is 0.128 e. The molecule has 0 radical (unpaired) electrons. The van der Waals surface area contributed by atoms with Crippen molar-refractivity contribution in [1.82, 2.24) is 9.55 Å². The molecule has 1 aromatic carbocycles. The highest BCUT2D eigenvalue weighted by Gasteiger charge is 2.07. The third kappa shape index (κ3) is 2.19. The first kappa shape index (κ1) is 11.8. The maximum atomic E-state index is 5.88. The highest BCUT2D eigenvalue weighted by atomic mass is 16.5. The van der Waals surface area contributed by atoms with Crippen molar-refractivity contribution in [3.8, 4) is 5.75 Å². The van der Waals surface area contributed by atoms with Gasteiger partial charge in [0.1, 0.15) is 12.4 Å². The molecule has 0 saturated heterocycles. The van der Waals surface area contributed by atoms with E-state index in [1.807, 2.05) is 37.5 Å². The minimum Gasteiger partial charge on any atom is -0.487 e. The van der Waals surface area contributed by atoms with Crippen molar-refractivity contribution in [2.24, 2.45) is 7.05 Å². The number of hydrogen-bond acceptors (Lipinski definition) is 2. The molecule has 3 nitrogen and oxygen atoms in total. The Balaban J connectivity index is 1.86. The molecule has 2 heterocycles. The first-order valence-electron chi connectivity index (χ1n) is 6.33. The van der Waals surface area contributed by atoms with Gasteiger partial charge < -0.3 is 9.30 Å². The molecule has 3 heteroatoms. The van der Waals surface area contributed by atoms with Gasteiger partial charge in [0.05, 0.1) is 16.7 Å². The van der Waals surface area contributed by atoms with E-state index < -0.39 is 0 Å². The summed E-state index contributed by atoms with van der Waals surface area (Å²) in [5, 5.41) is 0. The first-order chi connectivity index (χ1) is 9.25. The van der Waals surface area contributed by atoms with Crippen LogP contribution in [0, 0.1) is 6.92 Å². The van der Waals surface area contributed by atoms with Crippen LogP contribution in [0.5, 0.6) is 5.75 Å². The van der Waals surface area contributed by atoms with E-state index in [0.29, 0.717) is 6.61 Å². The van der Waals surface area contributed by atoms with Gasteiger partial charge in [-0.05, 0) is 36.8 Å². The molecule has 19 heavy (non-hydrogen) atoms. The molecule has 0 amide bonds. The second kappa shape index (κ2) is 4.76. The van der Waals surface area contributed by atoms with Gasteiger partial charge in [0.15, 0.2) is 0 Å². The molecule has 3 aromatic rings. The zero-order valence-electron chi connectivity index (χ0n) is 11.1. The molecule has 0 saturated carbocycles. The van der Waals surface area contributed by atoms with Gasteiger partial charge in [0.25, 0.3) is 0 Å². The van der Waals surface area contributed by atoms with Gasteiger partial charge in [0.2, 0.25) is 0 Å². The Morgan fingerprint density at radius 3 is 2.79 bits per heavy atom. The summed E-state index contributed by atoms with van der Waals surface area (Å²) in [7, 11) is 2.04. The molecule has 0 unspecified atom stereocenters. The maximum absolute atomic E-state index is 5.88. The molecule has 3 rings (SSSR count). The van der Waals surface area contributed by atoms with E-state index in [1.54, 1.807) is 0 Å². The van der Waals surface area contributed by atoms with Crippen molar-refractivity contribution in [3.63, 3.8) is 0 Å². The zero-order valence-corrected chi connectivity index (χ0v) is 11.1. The van der Waals surface area contributed by atoms with Crippen molar-refractivity contribution < 1.29 is 4.74 Å². The molecule has 0 atom stereocenters. The van der Waals surface area contributed by atoms with Crippen LogP contribution in [0.4, 0.5) is 0 Å². The van der Waals surface area contributed by atoms with Crippen molar-refractivity contribution in [2.45, 2.75) is 13.5 Å². The molecular formula is C16H16N2O. The van der Waals surface area contributed by atoms with Crippen LogP contribution < -0.4 is 4.74 Å². The van der Waals surface area contributed by atoms with Crippen LogP contribution in [-0.2, 0) is 13.7 Å². The number of fused-ring (bicyclic) bond motifs is 1. The number of para-hydroxylation sites is 1. The van der Waals surface area contributed by atoms with Crippen LogP contribution in [0.25, 0.3) is 11.0 Å². The molecule has 2 aromatic heterocycles. The van der Waals surface area contributed by atoms with Crippen LogP contribution in [0.15, 0.2) is 48.7 Å². The summed E-state index contributed by atoms with van der Waals surface area (Å²) in [5.74, 6) is 0.931. The first-order valence-corrected chi connectivity index (χ1v) is 6.33. The fourth-order valence-electron chi connectivity index (χ4n) is 2.22. The van der Waals surface area contributed by atoms with E-state index in [0.717, 1.165) is 28.0 Å². The topological polar surface area (TPSA) is 27.1 Å². The number of rotatable bonds is 3. The minimum absolute atomic E-state index is 0.553. The van der Waals surface area contributed by atoms with Gasteiger partial charge in [-0.25, -0.2) is 0 Å². The number of aryl methyl sites for hydroxylation is 2. The van der Waals surface area contributed by atoms with Gasteiger partial charge in [-0.1, -0.05) is 18.2 Å². The van der Waals surface area contributed by atoms with E-state index in [4.69, 9.17) is 4.74 Å². The molecule has 0 N–H and O–H groups in total. The zero-order chi connectivity index (χ0) is 13.2. The molecule has 0 spiro atoms. The number of benzene rings is 1. The molecule has 0 aliphatic rings. The Labute approximate surface area is 112 Å². The van der Waals surface area contributed by atoms with Crippen LogP contribution in [0.3, 0.4) is 0 Å². The average Bonchev–Trinajstić information content (AvgIpc) is 2.75. The molecule has 0 bridgehead atoms. The van der Waals surface area contributed by atoms with Gasteiger partial charge in [-0.3, -0.25) is 4.98 Å². The summed E-state index contributed by atoms with van der Waals surface area (Å²) in [5.41, 5.74) is 4.41. The smallest absolute Gasteiger partial charge is 0.128 e. The van der Waals surface area contributed by atoms with E-state index in [1.165, 1.54) is 0 Å². The predicted octanol–water partition coefficient (Wildman–Crippen LogP) is 3.46. The molecule has 0 fully saturated rings. The van der Waals surface area contributed by atoms with Gasteiger partial charge >= 0.3 is 0 Å². The number of nitrogens with zero attached hydrogens (tertiary/aromatic N) is 2. The average molecular weight is 252 g/mol. The highest BCUT2D eigenvalue weighted by Crippen LogP contribution is 2.20. The van der Waals surface area contributed by atoms with E-state index in [-0.39, 0.29) is 0 Å². The van der Waals surface area contributed by atoms with Gasteiger partial charge in [0, 0.05) is 13.2 Å². The molecule has 0 aliphatic carbocycles. The molecular weight excluding hydrogens is 236 g/mol. The third-order valence-corrected chi connectivity index (χ3v) is 3.38. The fourth-order valence-corrected chi connectivity index (χ4v) is 2.22. The third-order valence-electron chi connectivity index (χ3n) is 3.38. The van der Waals surface area contributed by atoms with Gasteiger partial charge in [-0.15, -0.1) is 0 Å². The Morgan fingerprint density at radius 2 is 2.00 bits per heavy atom. The summed E-state index contributed by atoms with van der Waals surface area (Å²) in [6.45, 7) is 2.61. The van der Waals surface area contributed by atoms with E-state index >= 15 is 0 Å². The van der Waals surface area contributed by atoms with Crippen LogP contribution in [0.2, 0.25) is 0 Å². The lowest BCUT2D eigenvalue weighted by Crippen LogP contribution is -2.02. The van der Waals surface area contributed by atoms with Gasteiger partial charge in [-0.2, -0.15) is 0 Å². The molecule has 0 aliphatic heterocycles. The number of aromatic nitrogens is 2. The molecule has 96 valence electrons. The van der Waals surface area contributed by atoms with Crippen LogP contribution in [-0.4, -0.2) is 9.55 Å². The van der Waals surface area contributed by atoms with Crippen LogP contribution >= 0.6 is 0 Å². The SMILES string of the molecule is Cc1ccccc1OCc1cc2ncccc2n1C. The lowest BCUT2D eigenvalue weighted by Gasteiger charge is -2.09. The second-order valence-electron chi connectivity index (χ2n) is 4.66. The minimum atomic E-state index is 0.553. The van der Waals surface area contributed by atoms with Crippen molar-refractivity contribution in [1.29, 1.82) is 0 Å².